The fraction of sp³-hybridized carbons (Fsp3) is 0.105. The van der Waals surface area contributed by atoms with Crippen LogP contribution in [0.25, 0.3) is 6.08 Å². The molecule has 0 heterocycles. The molecular weight excluding hydrogens is 375 g/mol. The topological polar surface area (TPSA) is 84.5 Å². The van der Waals surface area contributed by atoms with Gasteiger partial charge in [0.05, 0.1) is 5.56 Å². The van der Waals surface area contributed by atoms with Gasteiger partial charge >= 0.3 is 5.97 Å². The fourth-order valence-corrected chi connectivity index (χ4v) is 2.13. The molecule has 0 saturated carbocycles. The Morgan fingerprint density at radius 3 is 2.59 bits per heavy atom. The van der Waals surface area contributed by atoms with Gasteiger partial charge in [-0.05, 0) is 42.3 Å². The maximum atomic E-state index is 13.4. The number of hydrogen-bond donors (Lipinski definition) is 2. The smallest absolute Gasteiger partial charge is 0.331 e. The normalized spacial score (nSPS) is 10.5. The number of benzene rings is 2. The number of nitrogens with one attached hydrogen (secondary N) is 2. The van der Waals surface area contributed by atoms with Crippen molar-refractivity contribution < 1.29 is 23.5 Å². The van der Waals surface area contributed by atoms with Gasteiger partial charge in [0, 0.05) is 11.1 Å². The Hall–Kier alpha value is -3.19. The van der Waals surface area contributed by atoms with Crippen molar-refractivity contribution in [1.82, 2.24) is 10.9 Å². The average molecular weight is 391 g/mol. The molecule has 0 saturated heterocycles. The number of carbonyl (C=O) groups excluding carboxylic acids is 3. The molecular formula is C19H16ClFN2O4. The van der Waals surface area contributed by atoms with Gasteiger partial charge in [-0.2, -0.15) is 0 Å². The maximum Gasteiger partial charge on any atom is 0.331 e. The van der Waals surface area contributed by atoms with E-state index in [1.165, 1.54) is 24.3 Å². The fourth-order valence-electron chi connectivity index (χ4n) is 1.94. The summed E-state index contributed by atoms with van der Waals surface area (Å²) in [5.74, 6) is -3.08. The van der Waals surface area contributed by atoms with Crippen molar-refractivity contribution in [3.05, 3.63) is 76.1 Å². The molecule has 0 radical (unpaired) electrons. The van der Waals surface area contributed by atoms with Crippen LogP contribution in [-0.4, -0.2) is 24.4 Å². The number of esters is 1. The molecule has 140 valence electrons. The molecule has 0 atom stereocenters. The highest BCUT2D eigenvalue weighted by atomic mass is 35.5. The molecule has 0 aromatic heterocycles. The molecule has 6 nitrogen and oxygen atoms in total. The molecule has 2 rings (SSSR count). The van der Waals surface area contributed by atoms with Crippen LogP contribution < -0.4 is 10.9 Å². The van der Waals surface area contributed by atoms with Crippen molar-refractivity contribution in [3.8, 4) is 0 Å². The SMILES string of the molecule is Cc1ccc(/C=C/C(=O)OCC(=O)NNC(=O)c2ccccc2F)cc1Cl. The molecule has 0 spiro atoms. The second kappa shape index (κ2) is 9.49. The zero-order valence-electron chi connectivity index (χ0n) is 14.3. The van der Waals surface area contributed by atoms with Crippen LogP contribution in [0.5, 0.6) is 0 Å². The first kappa shape index (κ1) is 20.1. The van der Waals surface area contributed by atoms with E-state index >= 15 is 0 Å². The van der Waals surface area contributed by atoms with Crippen molar-refractivity contribution in [1.29, 1.82) is 0 Å². The van der Waals surface area contributed by atoms with Gasteiger partial charge in [-0.1, -0.05) is 35.9 Å². The molecule has 0 aliphatic heterocycles. The van der Waals surface area contributed by atoms with Gasteiger partial charge in [-0.25, -0.2) is 9.18 Å². The van der Waals surface area contributed by atoms with Gasteiger partial charge in [0.1, 0.15) is 5.82 Å². The zero-order chi connectivity index (χ0) is 19.8. The first-order valence-corrected chi connectivity index (χ1v) is 8.19. The predicted molar refractivity (Wildman–Crippen MR) is 98.2 cm³/mol. The van der Waals surface area contributed by atoms with Crippen molar-refractivity contribution in [2.45, 2.75) is 6.92 Å². The second-order valence-electron chi connectivity index (χ2n) is 5.43. The van der Waals surface area contributed by atoms with Crippen LogP contribution in [0.1, 0.15) is 21.5 Å². The predicted octanol–water partition coefficient (Wildman–Crippen LogP) is 2.81. The molecule has 0 bridgehead atoms. The van der Waals surface area contributed by atoms with Crippen molar-refractivity contribution >= 4 is 35.5 Å². The number of carbonyl (C=O) groups is 3. The van der Waals surface area contributed by atoms with E-state index in [9.17, 15) is 18.8 Å². The lowest BCUT2D eigenvalue weighted by molar-refractivity contribution is -0.144. The summed E-state index contributed by atoms with van der Waals surface area (Å²) in [7, 11) is 0. The minimum absolute atomic E-state index is 0.227. The number of hydrogen-bond acceptors (Lipinski definition) is 4. The Labute approximate surface area is 159 Å². The summed E-state index contributed by atoms with van der Waals surface area (Å²) in [5, 5.41) is 0.565. The van der Waals surface area contributed by atoms with E-state index in [2.05, 4.69) is 0 Å². The number of amides is 2. The molecule has 0 aliphatic rings. The summed E-state index contributed by atoms with van der Waals surface area (Å²) in [6.07, 6.45) is 2.64. The summed E-state index contributed by atoms with van der Waals surface area (Å²) >= 11 is 5.99. The molecule has 8 heteroatoms. The van der Waals surface area contributed by atoms with E-state index in [0.29, 0.717) is 10.6 Å². The van der Waals surface area contributed by atoms with Crippen LogP contribution in [0.15, 0.2) is 48.5 Å². The number of hydrazine groups is 1. The Balaban J connectivity index is 1.77. The molecule has 2 aromatic carbocycles. The minimum atomic E-state index is -0.830. The van der Waals surface area contributed by atoms with Crippen LogP contribution in [0.2, 0.25) is 5.02 Å². The van der Waals surface area contributed by atoms with Gasteiger partial charge in [0.15, 0.2) is 6.61 Å². The Morgan fingerprint density at radius 1 is 1.15 bits per heavy atom. The van der Waals surface area contributed by atoms with Crippen LogP contribution in [0.3, 0.4) is 0 Å². The average Bonchev–Trinajstić information content (AvgIpc) is 2.65. The van der Waals surface area contributed by atoms with Crippen LogP contribution >= 0.6 is 11.6 Å². The van der Waals surface area contributed by atoms with Gasteiger partial charge < -0.3 is 4.74 Å². The summed E-state index contributed by atoms with van der Waals surface area (Å²) in [4.78, 5) is 34.9. The summed E-state index contributed by atoms with van der Waals surface area (Å²) in [6.45, 7) is 1.24. The van der Waals surface area contributed by atoms with Gasteiger partial charge in [-0.3, -0.25) is 20.4 Å². The lowest BCUT2D eigenvalue weighted by Gasteiger charge is -2.07. The molecule has 2 N–H and O–H groups in total. The van der Waals surface area contributed by atoms with E-state index in [1.807, 2.05) is 17.8 Å². The molecule has 27 heavy (non-hydrogen) atoms. The third-order valence-electron chi connectivity index (χ3n) is 3.39. The van der Waals surface area contributed by atoms with E-state index < -0.39 is 30.2 Å². The zero-order valence-corrected chi connectivity index (χ0v) is 15.0. The van der Waals surface area contributed by atoms with E-state index in [-0.39, 0.29) is 5.56 Å². The van der Waals surface area contributed by atoms with Crippen molar-refractivity contribution in [3.63, 3.8) is 0 Å². The Morgan fingerprint density at radius 2 is 1.89 bits per heavy atom. The van der Waals surface area contributed by atoms with Gasteiger partial charge in [0.25, 0.3) is 11.8 Å². The maximum absolute atomic E-state index is 13.4. The van der Waals surface area contributed by atoms with Crippen LogP contribution in [0, 0.1) is 12.7 Å². The molecule has 0 aliphatic carbocycles. The van der Waals surface area contributed by atoms with Crippen molar-refractivity contribution in [2.24, 2.45) is 0 Å². The van der Waals surface area contributed by atoms with Crippen LogP contribution in [-0.2, 0) is 14.3 Å². The lowest BCUT2D eigenvalue weighted by Crippen LogP contribution is -2.43. The standard InChI is InChI=1S/C19H16ClFN2O4/c1-12-6-7-13(10-15(12)20)8-9-18(25)27-11-17(24)22-23-19(26)14-4-2-3-5-16(14)21/h2-10H,11H2,1H3,(H,22,24)(H,23,26)/b9-8+. The monoisotopic (exact) mass is 390 g/mol. The lowest BCUT2D eigenvalue weighted by atomic mass is 10.1. The number of halogens is 2. The first-order chi connectivity index (χ1) is 12.9. The van der Waals surface area contributed by atoms with Crippen LogP contribution in [0.4, 0.5) is 4.39 Å². The molecule has 0 fully saturated rings. The molecule has 2 amide bonds. The number of aryl methyl sites for hydroxylation is 1. The van der Waals surface area contributed by atoms with Gasteiger partial charge in [0.2, 0.25) is 0 Å². The molecule has 2 aromatic rings. The van der Waals surface area contributed by atoms with Gasteiger partial charge in [-0.15, -0.1) is 0 Å². The largest absolute Gasteiger partial charge is 0.452 e. The minimum Gasteiger partial charge on any atom is -0.452 e. The second-order valence-corrected chi connectivity index (χ2v) is 5.84. The Kier molecular flexibility index (Phi) is 7.08. The summed E-state index contributed by atoms with van der Waals surface area (Å²) < 4.78 is 18.2. The highest BCUT2D eigenvalue weighted by Crippen LogP contribution is 2.17. The summed E-state index contributed by atoms with van der Waals surface area (Å²) in [6, 6.07) is 10.6. The van der Waals surface area contributed by atoms with E-state index in [1.54, 1.807) is 18.2 Å². The van der Waals surface area contributed by atoms with E-state index in [0.717, 1.165) is 17.7 Å². The Bertz CT molecular complexity index is 899. The quantitative estimate of drug-likeness (QED) is 0.467. The third kappa shape index (κ3) is 6.23. The third-order valence-corrected chi connectivity index (χ3v) is 3.79. The van der Waals surface area contributed by atoms with E-state index in [4.69, 9.17) is 16.3 Å². The number of ether oxygens (including phenoxy) is 1. The first-order valence-electron chi connectivity index (χ1n) is 7.81. The molecule has 0 unspecified atom stereocenters. The summed E-state index contributed by atoms with van der Waals surface area (Å²) in [5.41, 5.74) is 5.44. The number of rotatable bonds is 5. The highest BCUT2D eigenvalue weighted by molar-refractivity contribution is 6.31. The van der Waals surface area contributed by atoms with Crippen molar-refractivity contribution in [2.75, 3.05) is 6.61 Å². The highest BCUT2D eigenvalue weighted by Gasteiger charge is 2.12.